The maximum absolute atomic E-state index is 12.4. The molecular weight excluding hydrogens is 322 g/mol. The highest BCUT2D eigenvalue weighted by Gasteiger charge is 2.32. The fourth-order valence-electron chi connectivity index (χ4n) is 3.28. The molecule has 134 valence electrons. The number of rotatable bonds is 4. The molecule has 0 saturated carbocycles. The molecule has 0 aromatic heterocycles. The van der Waals surface area contributed by atoms with E-state index in [9.17, 15) is 14.4 Å². The predicted molar refractivity (Wildman–Crippen MR) is 91.2 cm³/mol. The van der Waals surface area contributed by atoms with Crippen molar-refractivity contribution in [3.05, 3.63) is 29.8 Å². The molecule has 2 aliphatic rings. The van der Waals surface area contributed by atoms with Gasteiger partial charge in [-0.3, -0.25) is 14.4 Å². The van der Waals surface area contributed by atoms with Gasteiger partial charge < -0.3 is 20.3 Å². The van der Waals surface area contributed by atoms with Crippen LogP contribution in [0.25, 0.3) is 0 Å². The topological polar surface area (TPSA) is 87.7 Å². The van der Waals surface area contributed by atoms with Gasteiger partial charge in [0.15, 0.2) is 0 Å². The molecule has 0 bridgehead atoms. The van der Waals surface area contributed by atoms with Gasteiger partial charge in [-0.2, -0.15) is 0 Å². The molecule has 7 heteroatoms. The fourth-order valence-corrected chi connectivity index (χ4v) is 3.28. The summed E-state index contributed by atoms with van der Waals surface area (Å²) in [5, 5.41) is 5.74. The summed E-state index contributed by atoms with van der Waals surface area (Å²) >= 11 is 0. The second-order valence-electron chi connectivity index (χ2n) is 6.46. The zero-order chi connectivity index (χ0) is 17.8. The Hall–Kier alpha value is -2.57. The van der Waals surface area contributed by atoms with Crippen LogP contribution in [0.15, 0.2) is 24.3 Å². The number of benzene rings is 1. The second-order valence-corrected chi connectivity index (χ2v) is 6.46. The Morgan fingerprint density at radius 1 is 1.16 bits per heavy atom. The lowest BCUT2D eigenvalue weighted by Gasteiger charge is -2.33. The minimum atomic E-state index is -0.377. The van der Waals surface area contributed by atoms with Crippen molar-refractivity contribution in [2.75, 3.05) is 20.2 Å². The molecule has 3 rings (SSSR count). The van der Waals surface area contributed by atoms with Gasteiger partial charge in [0.05, 0.1) is 7.11 Å². The lowest BCUT2D eigenvalue weighted by molar-refractivity contribution is -0.135. The molecule has 1 atom stereocenters. The van der Waals surface area contributed by atoms with Crippen molar-refractivity contribution in [2.45, 2.75) is 37.8 Å². The van der Waals surface area contributed by atoms with Crippen LogP contribution in [-0.2, 0) is 9.59 Å². The molecule has 2 aliphatic heterocycles. The molecule has 0 radical (unpaired) electrons. The molecule has 2 fully saturated rings. The van der Waals surface area contributed by atoms with E-state index in [-0.39, 0.29) is 29.8 Å². The summed E-state index contributed by atoms with van der Waals surface area (Å²) < 4.78 is 5.09. The summed E-state index contributed by atoms with van der Waals surface area (Å²) in [7, 11) is 1.58. The first-order chi connectivity index (χ1) is 12.1. The van der Waals surface area contributed by atoms with E-state index in [1.165, 1.54) is 0 Å². The summed E-state index contributed by atoms with van der Waals surface area (Å²) in [5.41, 5.74) is 0.591. The monoisotopic (exact) mass is 345 g/mol. The largest absolute Gasteiger partial charge is 0.497 e. The van der Waals surface area contributed by atoms with Crippen LogP contribution in [0.2, 0.25) is 0 Å². The van der Waals surface area contributed by atoms with E-state index in [4.69, 9.17) is 4.74 Å². The van der Waals surface area contributed by atoms with Crippen LogP contribution in [0.1, 0.15) is 36.0 Å². The molecule has 2 heterocycles. The van der Waals surface area contributed by atoms with E-state index in [1.807, 2.05) is 0 Å². The third kappa shape index (κ3) is 4.10. The SMILES string of the molecule is COc1ccc(C(=O)NC2CCN(C(=O)C3CCC(=O)N3)CC2)cc1. The maximum atomic E-state index is 12.4. The summed E-state index contributed by atoms with van der Waals surface area (Å²) in [6.45, 7) is 1.19. The van der Waals surface area contributed by atoms with Gasteiger partial charge in [0.25, 0.3) is 5.91 Å². The van der Waals surface area contributed by atoms with Crippen LogP contribution < -0.4 is 15.4 Å². The van der Waals surface area contributed by atoms with Gasteiger partial charge in [-0.1, -0.05) is 0 Å². The molecule has 3 amide bonds. The quantitative estimate of drug-likeness (QED) is 0.841. The Morgan fingerprint density at radius 2 is 1.84 bits per heavy atom. The number of hydrogen-bond donors (Lipinski definition) is 2. The van der Waals surface area contributed by atoms with E-state index in [1.54, 1.807) is 36.3 Å². The highest BCUT2D eigenvalue weighted by molar-refractivity contribution is 5.94. The number of likely N-dealkylation sites (tertiary alicyclic amines) is 1. The van der Waals surface area contributed by atoms with Crippen LogP contribution >= 0.6 is 0 Å². The number of nitrogens with zero attached hydrogens (tertiary/aromatic N) is 1. The van der Waals surface area contributed by atoms with Gasteiger partial charge in [-0.15, -0.1) is 0 Å². The van der Waals surface area contributed by atoms with Gasteiger partial charge in [-0.05, 0) is 43.5 Å². The van der Waals surface area contributed by atoms with Crippen LogP contribution in [0.5, 0.6) is 5.75 Å². The van der Waals surface area contributed by atoms with Crippen molar-refractivity contribution >= 4 is 17.7 Å². The smallest absolute Gasteiger partial charge is 0.251 e. The number of nitrogens with one attached hydrogen (secondary N) is 2. The summed E-state index contributed by atoms with van der Waals surface area (Å²) in [6, 6.07) is 6.65. The highest BCUT2D eigenvalue weighted by Crippen LogP contribution is 2.17. The highest BCUT2D eigenvalue weighted by atomic mass is 16.5. The minimum Gasteiger partial charge on any atom is -0.497 e. The normalized spacial score (nSPS) is 20.9. The Bertz CT molecular complexity index is 651. The number of amides is 3. The van der Waals surface area contributed by atoms with Crippen molar-refractivity contribution < 1.29 is 19.1 Å². The predicted octanol–water partition coefficient (Wildman–Crippen LogP) is 0.695. The van der Waals surface area contributed by atoms with Gasteiger partial charge in [0.2, 0.25) is 11.8 Å². The number of carbonyl (C=O) groups is 3. The summed E-state index contributed by atoms with van der Waals surface area (Å²) in [6.07, 6.45) is 2.43. The molecule has 2 N–H and O–H groups in total. The van der Waals surface area contributed by atoms with Crippen LogP contribution in [0.3, 0.4) is 0 Å². The molecule has 1 aromatic rings. The van der Waals surface area contributed by atoms with Gasteiger partial charge in [-0.25, -0.2) is 0 Å². The van der Waals surface area contributed by atoms with E-state index in [0.29, 0.717) is 50.1 Å². The van der Waals surface area contributed by atoms with Crippen molar-refractivity contribution in [1.82, 2.24) is 15.5 Å². The van der Waals surface area contributed by atoms with Crippen molar-refractivity contribution in [3.63, 3.8) is 0 Å². The molecule has 0 aliphatic carbocycles. The van der Waals surface area contributed by atoms with E-state index >= 15 is 0 Å². The van der Waals surface area contributed by atoms with Gasteiger partial charge in [0.1, 0.15) is 11.8 Å². The minimum absolute atomic E-state index is 0.00854. The first-order valence-corrected chi connectivity index (χ1v) is 8.60. The molecule has 0 spiro atoms. The van der Waals surface area contributed by atoms with Crippen molar-refractivity contribution in [1.29, 1.82) is 0 Å². The van der Waals surface area contributed by atoms with E-state index in [2.05, 4.69) is 10.6 Å². The number of hydrogen-bond acceptors (Lipinski definition) is 4. The average Bonchev–Trinajstić information content (AvgIpc) is 3.08. The lowest BCUT2D eigenvalue weighted by atomic mass is 10.0. The average molecular weight is 345 g/mol. The molecule has 1 aromatic carbocycles. The van der Waals surface area contributed by atoms with Crippen LogP contribution in [0.4, 0.5) is 0 Å². The van der Waals surface area contributed by atoms with Crippen LogP contribution in [-0.4, -0.2) is 54.9 Å². The Morgan fingerprint density at radius 3 is 2.40 bits per heavy atom. The van der Waals surface area contributed by atoms with E-state index in [0.717, 1.165) is 0 Å². The van der Waals surface area contributed by atoms with Gasteiger partial charge >= 0.3 is 0 Å². The zero-order valence-corrected chi connectivity index (χ0v) is 14.3. The maximum Gasteiger partial charge on any atom is 0.251 e. The summed E-state index contributed by atoms with van der Waals surface area (Å²) in [4.78, 5) is 37.7. The van der Waals surface area contributed by atoms with Crippen LogP contribution in [0, 0.1) is 0 Å². The molecule has 1 unspecified atom stereocenters. The second kappa shape index (κ2) is 7.55. The molecule has 7 nitrogen and oxygen atoms in total. The number of ether oxygens (including phenoxy) is 1. The molecule has 2 saturated heterocycles. The first kappa shape index (κ1) is 17.3. The third-order valence-electron chi connectivity index (χ3n) is 4.79. The number of carbonyl (C=O) groups excluding carboxylic acids is 3. The first-order valence-electron chi connectivity index (χ1n) is 8.60. The Labute approximate surface area is 146 Å². The fraction of sp³-hybridized carbons (Fsp3) is 0.500. The molecular formula is C18H23N3O4. The van der Waals surface area contributed by atoms with Crippen molar-refractivity contribution in [3.8, 4) is 5.75 Å². The molecule has 25 heavy (non-hydrogen) atoms. The Kier molecular flexibility index (Phi) is 5.21. The van der Waals surface area contributed by atoms with Gasteiger partial charge in [0, 0.05) is 31.1 Å². The van der Waals surface area contributed by atoms with Crippen molar-refractivity contribution in [2.24, 2.45) is 0 Å². The Balaban J connectivity index is 1.47. The zero-order valence-electron chi connectivity index (χ0n) is 14.3. The van der Waals surface area contributed by atoms with E-state index < -0.39 is 0 Å². The lowest BCUT2D eigenvalue weighted by Crippen LogP contribution is -2.51. The summed E-state index contributed by atoms with van der Waals surface area (Å²) in [5.74, 6) is 0.531. The third-order valence-corrected chi connectivity index (χ3v) is 4.79. The standard InChI is InChI=1S/C18H23N3O4/c1-25-14-4-2-12(3-5-14)17(23)19-13-8-10-21(11-9-13)18(24)15-6-7-16(22)20-15/h2-5,13,15H,6-11H2,1H3,(H,19,23)(H,20,22). The number of piperidine rings is 1. The number of methoxy groups -OCH3 is 1.